The third-order valence-electron chi connectivity index (χ3n) is 4.26. The van der Waals surface area contributed by atoms with E-state index in [-0.39, 0.29) is 30.5 Å². The number of rotatable bonds is 9. The van der Waals surface area contributed by atoms with Crippen LogP contribution in [0, 0.1) is 0 Å². The fourth-order valence-corrected chi connectivity index (χ4v) is 2.92. The van der Waals surface area contributed by atoms with Gasteiger partial charge in [0.15, 0.2) is 0 Å². The lowest BCUT2D eigenvalue weighted by Crippen LogP contribution is -2.42. The third-order valence-corrected chi connectivity index (χ3v) is 4.26. The van der Waals surface area contributed by atoms with Crippen molar-refractivity contribution in [2.75, 3.05) is 33.4 Å². The molecule has 136 valence electrons. The van der Waals surface area contributed by atoms with Gasteiger partial charge >= 0.3 is 0 Å². The zero-order chi connectivity index (χ0) is 16.5. The van der Waals surface area contributed by atoms with E-state index in [2.05, 4.69) is 12.1 Å². The average Bonchev–Trinajstić information content (AvgIpc) is 3.07. The van der Waals surface area contributed by atoms with Crippen LogP contribution in [0.4, 0.5) is 0 Å². The Morgan fingerprint density at radius 3 is 2.67 bits per heavy atom. The van der Waals surface area contributed by atoms with Crippen molar-refractivity contribution >= 4 is 18.3 Å². The fourth-order valence-electron chi connectivity index (χ4n) is 2.92. The van der Waals surface area contributed by atoms with E-state index in [0.717, 1.165) is 32.2 Å². The molecule has 1 heterocycles. The van der Waals surface area contributed by atoms with Crippen molar-refractivity contribution in [3.8, 4) is 0 Å². The maximum absolute atomic E-state index is 12.7. The lowest BCUT2D eigenvalue weighted by atomic mass is 10.1. The molecule has 24 heavy (non-hydrogen) atoms. The van der Waals surface area contributed by atoms with E-state index >= 15 is 0 Å². The Balaban J connectivity index is 0.00000288. The molecule has 6 heteroatoms. The molecule has 0 unspecified atom stereocenters. The molecule has 1 aliphatic rings. The van der Waals surface area contributed by atoms with E-state index in [1.807, 2.05) is 23.1 Å². The molecule has 1 amide bonds. The minimum Gasteiger partial charge on any atom is -0.383 e. The third kappa shape index (κ3) is 6.40. The molecule has 2 N–H and O–H groups in total. The van der Waals surface area contributed by atoms with Crippen molar-refractivity contribution in [3.05, 3.63) is 35.9 Å². The van der Waals surface area contributed by atoms with Crippen LogP contribution in [0.5, 0.6) is 0 Å². The van der Waals surface area contributed by atoms with Crippen molar-refractivity contribution in [1.29, 1.82) is 0 Å². The van der Waals surface area contributed by atoms with Gasteiger partial charge in [-0.15, -0.1) is 12.4 Å². The Morgan fingerprint density at radius 2 is 2.04 bits per heavy atom. The smallest absolute Gasteiger partial charge is 0.251 e. The highest BCUT2D eigenvalue weighted by molar-refractivity contribution is 5.85. The second-order valence-corrected chi connectivity index (χ2v) is 5.97. The molecule has 5 nitrogen and oxygen atoms in total. The number of carbonyl (C=O) groups excluding carboxylic acids is 1. The van der Waals surface area contributed by atoms with Crippen LogP contribution in [0.15, 0.2) is 30.3 Å². The maximum Gasteiger partial charge on any atom is 0.251 e. The van der Waals surface area contributed by atoms with Crippen molar-refractivity contribution in [1.82, 2.24) is 4.90 Å². The van der Waals surface area contributed by atoms with Gasteiger partial charge in [0, 0.05) is 26.7 Å². The maximum atomic E-state index is 12.7. The number of methoxy groups -OCH3 is 1. The molecule has 0 spiro atoms. The summed E-state index contributed by atoms with van der Waals surface area (Å²) in [7, 11) is 1.66. The van der Waals surface area contributed by atoms with E-state index in [1.165, 1.54) is 5.56 Å². The Labute approximate surface area is 150 Å². The second kappa shape index (κ2) is 11.4. The highest BCUT2D eigenvalue weighted by atomic mass is 35.5. The number of hydrogen-bond acceptors (Lipinski definition) is 4. The number of hydrogen-bond donors (Lipinski definition) is 1. The van der Waals surface area contributed by atoms with E-state index in [0.29, 0.717) is 19.7 Å². The van der Waals surface area contributed by atoms with Gasteiger partial charge in [-0.05, 0) is 31.2 Å². The van der Waals surface area contributed by atoms with Crippen LogP contribution >= 0.6 is 12.4 Å². The van der Waals surface area contributed by atoms with Gasteiger partial charge in [0.05, 0.1) is 12.7 Å². The van der Waals surface area contributed by atoms with Gasteiger partial charge in [-0.3, -0.25) is 4.79 Å². The SMILES string of the molecule is COCCN(CCCc1ccccc1)C(=O)[C@@H]1CC[C@H](CN)O1.Cl. The van der Waals surface area contributed by atoms with Crippen molar-refractivity contribution in [2.24, 2.45) is 5.73 Å². The summed E-state index contributed by atoms with van der Waals surface area (Å²) >= 11 is 0. The van der Waals surface area contributed by atoms with Gasteiger partial charge in [0.25, 0.3) is 5.91 Å². The molecule has 1 aliphatic heterocycles. The predicted octanol–water partition coefficient (Wildman–Crippen LogP) is 2.02. The van der Waals surface area contributed by atoms with E-state index in [9.17, 15) is 4.79 Å². The fraction of sp³-hybridized carbons (Fsp3) is 0.611. The highest BCUT2D eigenvalue weighted by Crippen LogP contribution is 2.21. The lowest BCUT2D eigenvalue weighted by Gasteiger charge is -2.25. The van der Waals surface area contributed by atoms with Gasteiger partial charge in [-0.2, -0.15) is 0 Å². The molecule has 0 aliphatic carbocycles. The summed E-state index contributed by atoms with van der Waals surface area (Å²) in [5, 5.41) is 0. The quantitative estimate of drug-likeness (QED) is 0.735. The number of halogens is 1. The van der Waals surface area contributed by atoms with Crippen LogP contribution in [-0.2, 0) is 20.7 Å². The van der Waals surface area contributed by atoms with E-state index < -0.39 is 0 Å². The number of benzene rings is 1. The zero-order valence-corrected chi connectivity index (χ0v) is 15.2. The summed E-state index contributed by atoms with van der Waals surface area (Å²) in [5.74, 6) is 0.0751. The highest BCUT2D eigenvalue weighted by Gasteiger charge is 2.32. The van der Waals surface area contributed by atoms with Gasteiger partial charge < -0.3 is 20.1 Å². The van der Waals surface area contributed by atoms with Gasteiger partial charge in [-0.25, -0.2) is 0 Å². The monoisotopic (exact) mass is 356 g/mol. The van der Waals surface area contributed by atoms with Gasteiger partial charge in [0.1, 0.15) is 6.10 Å². The molecule has 1 aromatic carbocycles. The van der Waals surface area contributed by atoms with Crippen molar-refractivity contribution in [2.45, 2.75) is 37.9 Å². The van der Waals surface area contributed by atoms with Crippen LogP contribution in [0.25, 0.3) is 0 Å². The van der Waals surface area contributed by atoms with Crippen LogP contribution in [0.1, 0.15) is 24.8 Å². The Morgan fingerprint density at radius 1 is 1.29 bits per heavy atom. The normalized spacial score (nSPS) is 19.8. The zero-order valence-electron chi connectivity index (χ0n) is 14.4. The largest absolute Gasteiger partial charge is 0.383 e. The average molecular weight is 357 g/mol. The van der Waals surface area contributed by atoms with Gasteiger partial charge in [0.2, 0.25) is 0 Å². The van der Waals surface area contributed by atoms with Gasteiger partial charge in [-0.1, -0.05) is 30.3 Å². The molecule has 2 atom stereocenters. The summed E-state index contributed by atoms with van der Waals surface area (Å²) in [6.07, 6.45) is 3.23. The number of carbonyl (C=O) groups is 1. The topological polar surface area (TPSA) is 64.8 Å². The van der Waals surface area contributed by atoms with Crippen LogP contribution in [0.3, 0.4) is 0 Å². The molecule has 1 fully saturated rings. The minimum atomic E-state index is -0.336. The molecule has 0 radical (unpaired) electrons. The first kappa shape index (κ1) is 20.9. The van der Waals surface area contributed by atoms with Crippen LogP contribution < -0.4 is 5.73 Å². The molecule has 1 saturated heterocycles. The number of nitrogens with zero attached hydrogens (tertiary/aromatic N) is 1. The number of nitrogens with two attached hydrogens (primary N) is 1. The van der Waals surface area contributed by atoms with E-state index in [1.54, 1.807) is 7.11 Å². The first-order valence-corrected chi connectivity index (χ1v) is 8.41. The molecule has 1 aromatic rings. The summed E-state index contributed by atoms with van der Waals surface area (Å²) < 4.78 is 10.9. The number of ether oxygens (including phenoxy) is 2. The van der Waals surface area contributed by atoms with Crippen molar-refractivity contribution in [3.63, 3.8) is 0 Å². The lowest BCUT2D eigenvalue weighted by molar-refractivity contribution is -0.143. The van der Waals surface area contributed by atoms with Crippen molar-refractivity contribution < 1.29 is 14.3 Å². The minimum absolute atomic E-state index is 0. The Hall–Kier alpha value is -1.14. The summed E-state index contributed by atoms with van der Waals surface area (Å²) in [5.41, 5.74) is 6.93. The summed E-state index contributed by atoms with van der Waals surface area (Å²) in [6.45, 7) is 2.36. The number of amides is 1. The molecule has 0 saturated carbocycles. The molecular weight excluding hydrogens is 328 g/mol. The number of aryl methyl sites for hydroxylation is 1. The summed E-state index contributed by atoms with van der Waals surface area (Å²) in [4.78, 5) is 14.5. The predicted molar refractivity (Wildman–Crippen MR) is 97.4 cm³/mol. The van der Waals surface area contributed by atoms with Crippen LogP contribution in [-0.4, -0.2) is 56.4 Å². The Kier molecular flexibility index (Phi) is 9.95. The first-order chi connectivity index (χ1) is 11.2. The molecule has 0 aromatic heterocycles. The molecule has 2 rings (SSSR count). The standard InChI is InChI=1S/C18H28N2O3.ClH/c1-22-13-12-20(11-5-8-15-6-3-2-4-7-15)18(21)17-10-9-16(14-19)23-17;/h2-4,6-7,16-17H,5,8-14,19H2,1H3;1H/t16-,17+;/m1./s1. The van der Waals surface area contributed by atoms with Crippen LogP contribution in [0.2, 0.25) is 0 Å². The molecular formula is C18H29ClN2O3. The van der Waals surface area contributed by atoms with E-state index in [4.69, 9.17) is 15.2 Å². The Bertz CT molecular complexity index is 473. The second-order valence-electron chi connectivity index (χ2n) is 5.97. The molecule has 0 bridgehead atoms. The first-order valence-electron chi connectivity index (χ1n) is 8.41. The summed E-state index contributed by atoms with van der Waals surface area (Å²) in [6, 6.07) is 10.3.